The molecule has 3 unspecified atom stereocenters. The first kappa shape index (κ1) is 29.4. The minimum Gasteiger partial charge on any atom is -0.504 e. The summed E-state index contributed by atoms with van der Waals surface area (Å²) in [4.78, 5) is 17.8. The van der Waals surface area contributed by atoms with Gasteiger partial charge in [0.1, 0.15) is 5.75 Å². The van der Waals surface area contributed by atoms with E-state index < -0.39 is 5.41 Å². The Hall–Kier alpha value is -4.27. The van der Waals surface area contributed by atoms with Crippen LogP contribution in [-0.4, -0.2) is 69.2 Å². The van der Waals surface area contributed by atoms with E-state index in [1.807, 2.05) is 30.4 Å². The molecule has 0 saturated carbocycles. The highest BCUT2D eigenvalue weighted by molar-refractivity contribution is 6.04. The van der Waals surface area contributed by atoms with Gasteiger partial charge in [0.15, 0.2) is 28.8 Å². The normalized spacial score (nSPS) is 23.8. The summed E-state index contributed by atoms with van der Waals surface area (Å²) in [6.07, 6.45) is 8.80. The Morgan fingerprint density at radius 2 is 1.56 bits per heavy atom. The van der Waals surface area contributed by atoms with Gasteiger partial charge in [-0.3, -0.25) is 14.6 Å². The summed E-state index contributed by atoms with van der Waals surface area (Å²) >= 11 is 0. The van der Waals surface area contributed by atoms with E-state index >= 15 is 0 Å². The average molecular weight is 609 g/mol. The van der Waals surface area contributed by atoms with Crippen molar-refractivity contribution in [2.24, 2.45) is 0 Å². The Labute approximate surface area is 264 Å². The minimum atomic E-state index is -0.669. The smallest absolute Gasteiger partial charge is 0.220 e. The van der Waals surface area contributed by atoms with E-state index in [2.05, 4.69) is 48.2 Å². The topological polar surface area (TPSA) is 80.7 Å². The molecule has 2 aliphatic carbocycles. The number of phenols is 1. The highest BCUT2D eigenvalue weighted by Crippen LogP contribution is 2.58. The van der Waals surface area contributed by atoms with Gasteiger partial charge >= 0.3 is 0 Å². The van der Waals surface area contributed by atoms with Crippen LogP contribution in [0.1, 0.15) is 51.9 Å². The lowest BCUT2D eigenvalue weighted by Gasteiger charge is -2.35. The van der Waals surface area contributed by atoms with Gasteiger partial charge in [0.05, 0.1) is 21.3 Å². The maximum atomic E-state index is 13.1. The van der Waals surface area contributed by atoms with Crippen LogP contribution < -0.4 is 18.9 Å². The highest BCUT2D eigenvalue weighted by atomic mass is 16.5. The third kappa shape index (κ3) is 4.87. The molecule has 3 aromatic carbocycles. The first-order valence-corrected chi connectivity index (χ1v) is 15.6. The number of ketones is 1. The maximum absolute atomic E-state index is 13.1. The standard InChI is InChI=1S/C37H40N2O6/c1-38-14-11-23-17-30(42-3)31(43-4)19-26(23)27(38)16-22-6-8-25(9-7-22)45-33-21-37(13-10-29(33)40)20-28-34-24(12-15-39(28)2)18-32(44-5)36(41)35(34)37/h6-10,13,17-19,21,27-28,41H,11-12,14-16,20H2,1-5H3. The molecule has 0 saturated heterocycles. The third-order valence-electron chi connectivity index (χ3n) is 10.2. The number of carbonyl (C=O) groups is 1. The van der Waals surface area contributed by atoms with E-state index in [4.69, 9.17) is 18.9 Å². The summed E-state index contributed by atoms with van der Waals surface area (Å²) < 4.78 is 23.0. The molecule has 234 valence electrons. The second-order valence-electron chi connectivity index (χ2n) is 12.7. The van der Waals surface area contributed by atoms with Crippen molar-refractivity contribution in [3.8, 4) is 28.7 Å². The van der Waals surface area contributed by atoms with Gasteiger partial charge in [-0.25, -0.2) is 0 Å². The van der Waals surface area contributed by atoms with Crippen molar-refractivity contribution in [2.75, 3.05) is 48.5 Å². The zero-order valence-electron chi connectivity index (χ0n) is 26.6. The van der Waals surface area contributed by atoms with E-state index in [1.165, 1.54) is 22.3 Å². The van der Waals surface area contributed by atoms with Crippen molar-refractivity contribution in [1.82, 2.24) is 9.80 Å². The molecule has 7 rings (SSSR count). The van der Waals surface area contributed by atoms with Crippen molar-refractivity contribution in [3.05, 3.63) is 99.8 Å². The first-order valence-electron chi connectivity index (χ1n) is 15.6. The fourth-order valence-electron chi connectivity index (χ4n) is 7.77. The number of benzene rings is 3. The van der Waals surface area contributed by atoms with Crippen molar-refractivity contribution >= 4 is 5.78 Å². The second-order valence-corrected chi connectivity index (χ2v) is 12.7. The number of methoxy groups -OCH3 is 3. The van der Waals surface area contributed by atoms with Gasteiger partial charge < -0.3 is 24.1 Å². The molecule has 3 aromatic rings. The maximum Gasteiger partial charge on any atom is 0.220 e. The van der Waals surface area contributed by atoms with Gasteiger partial charge in [-0.15, -0.1) is 0 Å². The van der Waals surface area contributed by atoms with Crippen molar-refractivity contribution in [3.63, 3.8) is 0 Å². The van der Waals surface area contributed by atoms with Crippen LogP contribution in [0.4, 0.5) is 0 Å². The van der Waals surface area contributed by atoms with Crippen LogP contribution in [0.15, 0.2) is 66.5 Å². The minimum absolute atomic E-state index is 0.137. The molecule has 1 N–H and O–H groups in total. The van der Waals surface area contributed by atoms with Crippen LogP contribution in [0.25, 0.3) is 0 Å². The number of allylic oxidation sites excluding steroid dienone is 3. The summed E-state index contributed by atoms with van der Waals surface area (Å²) in [5, 5.41) is 11.4. The van der Waals surface area contributed by atoms with E-state index in [1.54, 1.807) is 27.4 Å². The van der Waals surface area contributed by atoms with Gasteiger partial charge in [-0.1, -0.05) is 18.2 Å². The molecule has 0 aromatic heterocycles. The Morgan fingerprint density at radius 3 is 2.29 bits per heavy atom. The summed E-state index contributed by atoms with van der Waals surface area (Å²) in [5.41, 5.74) is 6.20. The van der Waals surface area contributed by atoms with Crippen LogP contribution in [0.2, 0.25) is 0 Å². The Balaban J connectivity index is 1.16. The zero-order valence-corrected chi connectivity index (χ0v) is 26.6. The van der Waals surface area contributed by atoms with E-state index in [-0.39, 0.29) is 29.4 Å². The first-order chi connectivity index (χ1) is 21.7. The number of fused-ring (bicyclic) bond motifs is 2. The van der Waals surface area contributed by atoms with Gasteiger partial charge in [0.25, 0.3) is 0 Å². The number of carbonyl (C=O) groups excluding carboxylic acids is 1. The van der Waals surface area contributed by atoms with E-state index in [0.29, 0.717) is 11.5 Å². The van der Waals surface area contributed by atoms with Gasteiger partial charge in [-0.2, -0.15) is 0 Å². The summed E-state index contributed by atoms with van der Waals surface area (Å²) in [5.74, 6) is 2.78. The Morgan fingerprint density at radius 1 is 0.889 bits per heavy atom. The molecule has 2 aliphatic heterocycles. The predicted molar refractivity (Wildman–Crippen MR) is 172 cm³/mol. The van der Waals surface area contributed by atoms with Crippen molar-refractivity contribution in [1.29, 1.82) is 0 Å². The van der Waals surface area contributed by atoms with Crippen molar-refractivity contribution < 1.29 is 28.8 Å². The molecular weight excluding hydrogens is 568 g/mol. The lowest BCUT2D eigenvalue weighted by atomic mass is 9.77. The number of phenolic OH excluding ortho intramolecular Hbond substituents is 1. The SMILES string of the molecule is COc1cc2c(cc1OC)C(Cc1ccc(OC3=CC4(C=CC3=O)CC3c5c(cc(OC)c(O)c54)CCN3C)cc1)N(C)CC2. The zero-order chi connectivity index (χ0) is 31.5. The molecule has 1 spiro atoms. The van der Waals surface area contributed by atoms with E-state index in [0.717, 1.165) is 61.4 Å². The molecule has 0 bridgehead atoms. The second kappa shape index (κ2) is 11.3. The number of hydrogen-bond acceptors (Lipinski definition) is 8. The molecule has 0 fully saturated rings. The van der Waals surface area contributed by atoms with Crippen LogP contribution in [0.3, 0.4) is 0 Å². The van der Waals surface area contributed by atoms with Crippen LogP contribution in [0.5, 0.6) is 28.7 Å². The molecule has 8 nitrogen and oxygen atoms in total. The molecule has 3 atom stereocenters. The fourth-order valence-corrected chi connectivity index (χ4v) is 7.77. The fraction of sp³-hybridized carbons (Fsp3) is 0.378. The van der Waals surface area contributed by atoms with Gasteiger partial charge in [-0.05, 0) is 110 Å². The van der Waals surface area contributed by atoms with E-state index in [9.17, 15) is 9.90 Å². The Bertz CT molecular complexity index is 1730. The number of ether oxygens (including phenoxy) is 4. The summed E-state index contributed by atoms with van der Waals surface area (Å²) in [6.45, 7) is 1.88. The third-order valence-corrected chi connectivity index (χ3v) is 10.2. The number of rotatable bonds is 7. The molecule has 45 heavy (non-hydrogen) atoms. The Kier molecular flexibility index (Phi) is 7.37. The number of aromatic hydroxyl groups is 1. The van der Waals surface area contributed by atoms with Crippen molar-refractivity contribution in [2.45, 2.75) is 43.2 Å². The lowest BCUT2D eigenvalue weighted by molar-refractivity contribution is -0.113. The quantitative estimate of drug-likeness (QED) is 0.379. The largest absolute Gasteiger partial charge is 0.504 e. The molecule has 0 radical (unpaired) electrons. The number of hydrogen-bond donors (Lipinski definition) is 1. The average Bonchev–Trinajstić information content (AvgIpc) is 3.39. The van der Waals surface area contributed by atoms with Crippen LogP contribution in [-0.2, 0) is 29.5 Å². The summed E-state index contributed by atoms with van der Waals surface area (Å²) in [6, 6.07) is 14.5. The predicted octanol–water partition coefficient (Wildman–Crippen LogP) is 5.46. The van der Waals surface area contributed by atoms with Gasteiger partial charge in [0, 0.05) is 36.2 Å². The molecule has 8 heteroatoms. The highest BCUT2D eigenvalue weighted by Gasteiger charge is 2.49. The molecule has 0 amide bonds. The number of nitrogens with zero attached hydrogens (tertiary/aromatic N) is 2. The van der Waals surface area contributed by atoms with Gasteiger partial charge in [0.2, 0.25) is 5.78 Å². The molecule has 2 heterocycles. The summed E-state index contributed by atoms with van der Waals surface area (Å²) in [7, 11) is 9.20. The molecular formula is C37H40N2O6. The lowest BCUT2D eigenvalue weighted by Crippen LogP contribution is -2.33. The molecule has 4 aliphatic rings. The monoisotopic (exact) mass is 608 g/mol. The van der Waals surface area contributed by atoms with Crippen LogP contribution >= 0.6 is 0 Å². The van der Waals surface area contributed by atoms with Crippen LogP contribution in [0, 0.1) is 0 Å². The number of likely N-dealkylation sites (N-methyl/N-ethyl adjacent to an activating group) is 2.